The average molecular weight is 268 g/mol. The predicted molar refractivity (Wildman–Crippen MR) is 80.8 cm³/mol. The highest BCUT2D eigenvalue weighted by atomic mass is 15.3. The SMILES string of the molecule is CC(C)c1nnc(-c2ccccc2)c(N2CCCC2)n1. The number of anilines is 1. The minimum atomic E-state index is 0.300. The van der Waals surface area contributed by atoms with E-state index in [-0.39, 0.29) is 0 Å². The van der Waals surface area contributed by atoms with Gasteiger partial charge in [0.25, 0.3) is 0 Å². The molecule has 0 amide bonds. The Hall–Kier alpha value is -1.97. The molecule has 4 heteroatoms. The van der Waals surface area contributed by atoms with Crippen molar-refractivity contribution in [2.45, 2.75) is 32.6 Å². The van der Waals surface area contributed by atoms with Crippen LogP contribution >= 0.6 is 0 Å². The summed E-state index contributed by atoms with van der Waals surface area (Å²) in [5.41, 5.74) is 1.99. The average Bonchev–Trinajstić information content (AvgIpc) is 3.01. The van der Waals surface area contributed by atoms with E-state index in [1.165, 1.54) is 12.8 Å². The fraction of sp³-hybridized carbons (Fsp3) is 0.438. The van der Waals surface area contributed by atoms with Crippen molar-refractivity contribution in [3.8, 4) is 11.3 Å². The monoisotopic (exact) mass is 268 g/mol. The quantitative estimate of drug-likeness (QED) is 0.857. The van der Waals surface area contributed by atoms with Gasteiger partial charge in [-0.05, 0) is 12.8 Å². The summed E-state index contributed by atoms with van der Waals surface area (Å²) in [7, 11) is 0. The summed E-state index contributed by atoms with van der Waals surface area (Å²) in [5, 5.41) is 8.76. The first-order valence-electron chi connectivity index (χ1n) is 7.30. The fourth-order valence-corrected chi connectivity index (χ4v) is 2.51. The third-order valence-corrected chi connectivity index (χ3v) is 3.65. The van der Waals surface area contributed by atoms with Gasteiger partial charge in [0.15, 0.2) is 11.6 Å². The summed E-state index contributed by atoms with van der Waals surface area (Å²) in [6.45, 7) is 6.34. The second kappa shape index (κ2) is 5.57. The molecule has 1 aromatic heterocycles. The van der Waals surface area contributed by atoms with E-state index in [9.17, 15) is 0 Å². The Morgan fingerprint density at radius 2 is 1.70 bits per heavy atom. The minimum absolute atomic E-state index is 0.300. The van der Waals surface area contributed by atoms with Crippen LogP contribution in [-0.4, -0.2) is 28.3 Å². The highest BCUT2D eigenvalue weighted by molar-refractivity contribution is 5.71. The predicted octanol–water partition coefficient (Wildman–Crippen LogP) is 3.26. The summed E-state index contributed by atoms with van der Waals surface area (Å²) >= 11 is 0. The van der Waals surface area contributed by atoms with Gasteiger partial charge in [-0.1, -0.05) is 44.2 Å². The molecular weight excluding hydrogens is 248 g/mol. The first kappa shape index (κ1) is 13.0. The van der Waals surface area contributed by atoms with Crippen LogP contribution in [0.25, 0.3) is 11.3 Å². The van der Waals surface area contributed by atoms with Crippen molar-refractivity contribution >= 4 is 5.82 Å². The Bertz CT molecular complexity index is 574. The number of aromatic nitrogens is 3. The molecule has 1 fully saturated rings. The Morgan fingerprint density at radius 3 is 2.35 bits per heavy atom. The van der Waals surface area contributed by atoms with Crippen molar-refractivity contribution in [1.82, 2.24) is 15.2 Å². The van der Waals surface area contributed by atoms with Crippen LogP contribution in [0.4, 0.5) is 5.82 Å². The van der Waals surface area contributed by atoms with Crippen molar-refractivity contribution in [3.05, 3.63) is 36.2 Å². The van der Waals surface area contributed by atoms with E-state index in [0.29, 0.717) is 5.92 Å². The van der Waals surface area contributed by atoms with E-state index in [0.717, 1.165) is 36.0 Å². The Kier molecular flexibility index (Phi) is 3.63. The van der Waals surface area contributed by atoms with Crippen LogP contribution in [0.1, 0.15) is 38.4 Å². The first-order chi connectivity index (χ1) is 9.75. The van der Waals surface area contributed by atoms with Crippen LogP contribution < -0.4 is 4.90 Å². The smallest absolute Gasteiger partial charge is 0.159 e. The topological polar surface area (TPSA) is 41.9 Å². The van der Waals surface area contributed by atoms with Crippen LogP contribution in [0.5, 0.6) is 0 Å². The lowest BCUT2D eigenvalue weighted by atomic mass is 10.1. The van der Waals surface area contributed by atoms with Gasteiger partial charge in [0.05, 0.1) is 0 Å². The zero-order chi connectivity index (χ0) is 13.9. The van der Waals surface area contributed by atoms with Gasteiger partial charge in [-0.15, -0.1) is 10.2 Å². The highest BCUT2D eigenvalue weighted by Crippen LogP contribution is 2.29. The third-order valence-electron chi connectivity index (χ3n) is 3.65. The summed E-state index contributed by atoms with van der Waals surface area (Å²) in [6, 6.07) is 10.2. The molecule has 20 heavy (non-hydrogen) atoms. The Morgan fingerprint density at radius 1 is 1.00 bits per heavy atom. The molecule has 1 aliphatic heterocycles. The van der Waals surface area contributed by atoms with Gasteiger partial charge in [-0.3, -0.25) is 0 Å². The van der Waals surface area contributed by atoms with Gasteiger partial charge in [0.2, 0.25) is 0 Å². The van der Waals surface area contributed by atoms with Gasteiger partial charge in [0, 0.05) is 24.6 Å². The minimum Gasteiger partial charge on any atom is -0.355 e. The maximum atomic E-state index is 4.78. The van der Waals surface area contributed by atoms with Crippen molar-refractivity contribution in [2.24, 2.45) is 0 Å². The fourth-order valence-electron chi connectivity index (χ4n) is 2.51. The van der Waals surface area contributed by atoms with Crippen LogP contribution in [0.2, 0.25) is 0 Å². The zero-order valence-corrected chi connectivity index (χ0v) is 12.1. The summed E-state index contributed by atoms with van der Waals surface area (Å²) in [5.74, 6) is 2.12. The molecule has 4 nitrogen and oxygen atoms in total. The van der Waals surface area contributed by atoms with Crippen molar-refractivity contribution in [2.75, 3.05) is 18.0 Å². The molecule has 0 unspecified atom stereocenters. The Balaban J connectivity index is 2.08. The summed E-state index contributed by atoms with van der Waals surface area (Å²) < 4.78 is 0. The summed E-state index contributed by atoms with van der Waals surface area (Å²) in [4.78, 5) is 7.12. The number of hydrogen-bond donors (Lipinski definition) is 0. The molecule has 104 valence electrons. The number of nitrogens with zero attached hydrogens (tertiary/aromatic N) is 4. The van der Waals surface area contributed by atoms with E-state index >= 15 is 0 Å². The van der Waals surface area contributed by atoms with Gasteiger partial charge in [0.1, 0.15) is 5.69 Å². The third kappa shape index (κ3) is 2.50. The molecule has 1 aromatic carbocycles. The number of hydrogen-bond acceptors (Lipinski definition) is 4. The van der Waals surface area contributed by atoms with Gasteiger partial charge < -0.3 is 4.90 Å². The molecule has 0 saturated carbocycles. The van der Waals surface area contributed by atoms with Crippen LogP contribution in [0.3, 0.4) is 0 Å². The zero-order valence-electron chi connectivity index (χ0n) is 12.1. The normalized spacial score (nSPS) is 15.1. The lowest BCUT2D eigenvalue weighted by Crippen LogP contribution is -2.22. The Labute approximate surface area is 119 Å². The standard InChI is InChI=1S/C16H20N4/c1-12(2)15-17-16(20-10-6-7-11-20)14(18-19-15)13-8-4-3-5-9-13/h3-5,8-9,12H,6-7,10-11H2,1-2H3. The molecule has 1 aliphatic rings. The lowest BCUT2D eigenvalue weighted by Gasteiger charge is -2.20. The number of rotatable bonds is 3. The van der Waals surface area contributed by atoms with Crippen molar-refractivity contribution in [1.29, 1.82) is 0 Å². The maximum absolute atomic E-state index is 4.78. The maximum Gasteiger partial charge on any atom is 0.159 e. The number of benzene rings is 1. The molecule has 0 atom stereocenters. The van der Waals surface area contributed by atoms with Crippen molar-refractivity contribution < 1.29 is 0 Å². The van der Waals surface area contributed by atoms with E-state index in [1.807, 2.05) is 18.2 Å². The molecule has 0 aliphatic carbocycles. The molecule has 0 radical (unpaired) electrons. The van der Waals surface area contributed by atoms with Crippen LogP contribution in [0, 0.1) is 0 Å². The second-order valence-electron chi connectivity index (χ2n) is 5.56. The largest absolute Gasteiger partial charge is 0.355 e. The van der Waals surface area contributed by atoms with Crippen LogP contribution in [0.15, 0.2) is 30.3 Å². The van der Waals surface area contributed by atoms with Gasteiger partial charge in [-0.2, -0.15) is 0 Å². The molecule has 2 heterocycles. The molecule has 3 rings (SSSR count). The molecule has 1 saturated heterocycles. The van der Waals surface area contributed by atoms with E-state index in [4.69, 9.17) is 4.98 Å². The van der Waals surface area contributed by atoms with Gasteiger partial charge >= 0.3 is 0 Å². The van der Waals surface area contributed by atoms with Gasteiger partial charge in [-0.25, -0.2) is 4.98 Å². The van der Waals surface area contributed by atoms with E-state index < -0.39 is 0 Å². The summed E-state index contributed by atoms with van der Waals surface area (Å²) in [6.07, 6.45) is 2.46. The van der Waals surface area contributed by atoms with E-state index in [1.54, 1.807) is 0 Å². The molecule has 0 bridgehead atoms. The van der Waals surface area contributed by atoms with Crippen molar-refractivity contribution in [3.63, 3.8) is 0 Å². The molecule has 0 spiro atoms. The van der Waals surface area contributed by atoms with Crippen LogP contribution in [-0.2, 0) is 0 Å². The highest BCUT2D eigenvalue weighted by Gasteiger charge is 2.21. The second-order valence-corrected chi connectivity index (χ2v) is 5.56. The lowest BCUT2D eigenvalue weighted by molar-refractivity contribution is 0.729. The molecule has 2 aromatic rings. The van der Waals surface area contributed by atoms with E-state index in [2.05, 4.69) is 41.1 Å². The first-order valence-corrected chi connectivity index (χ1v) is 7.30. The molecule has 0 N–H and O–H groups in total. The molecular formula is C16H20N4.